The van der Waals surface area contributed by atoms with E-state index in [-0.39, 0.29) is 29.5 Å². The number of hydrogen-bond acceptors (Lipinski definition) is 3. The molecule has 1 aromatic heterocycles. The van der Waals surface area contributed by atoms with Crippen LogP contribution in [0.2, 0.25) is 0 Å². The van der Waals surface area contributed by atoms with E-state index in [1.807, 2.05) is 6.07 Å². The van der Waals surface area contributed by atoms with Crippen molar-refractivity contribution in [2.24, 2.45) is 0 Å². The minimum atomic E-state index is -4.62. The minimum absolute atomic E-state index is 0.00520. The number of rotatable bonds is 2. The second kappa shape index (κ2) is 7.75. The molecule has 0 aliphatic carbocycles. The van der Waals surface area contributed by atoms with Gasteiger partial charge in [-0.05, 0) is 60.8 Å². The summed E-state index contributed by atoms with van der Waals surface area (Å²) in [6, 6.07) is 10.0. The van der Waals surface area contributed by atoms with Gasteiger partial charge in [0, 0.05) is 23.6 Å². The topological polar surface area (TPSA) is 37.8 Å². The van der Waals surface area contributed by atoms with Crippen LogP contribution >= 0.6 is 0 Å². The standard InChI is InChI=1S/C22H18F5N3/c1-12-2-3-15(18(23)10-12)14-8-9-28-11-17-13(14)4-5-16(21(17)24)19-6-7-20(30-29-19)22(25,26)27/h2-7,10,14,28H,8-9,11H2,1H3. The van der Waals surface area contributed by atoms with Crippen LogP contribution in [0.4, 0.5) is 22.0 Å². The molecule has 0 fully saturated rings. The van der Waals surface area contributed by atoms with Crippen LogP contribution < -0.4 is 5.32 Å². The van der Waals surface area contributed by atoms with E-state index in [2.05, 4.69) is 15.5 Å². The number of halogens is 5. The summed E-state index contributed by atoms with van der Waals surface area (Å²) in [4.78, 5) is 0. The van der Waals surface area contributed by atoms with Crippen LogP contribution in [-0.2, 0) is 12.7 Å². The summed E-state index contributed by atoms with van der Waals surface area (Å²) >= 11 is 0. The minimum Gasteiger partial charge on any atom is -0.313 e. The highest BCUT2D eigenvalue weighted by atomic mass is 19.4. The summed E-state index contributed by atoms with van der Waals surface area (Å²) in [5, 5.41) is 9.87. The number of hydrogen-bond donors (Lipinski definition) is 1. The van der Waals surface area contributed by atoms with E-state index < -0.39 is 17.7 Å². The number of fused-ring (bicyclic) bond motifs is 1. The number of benzene rings is 2. The molecular formula is C22H18F5N3. The fourth-order valence-corrected chi connectivity index (χ4v) is 3.82. The molecule has 2 heterocycles. The third kappa shape index (κ3) is 3.79. The molecule has 8 heteroatoms. The number of aromatic nitrogens is 2. The maximum Gasteiger partial charge on any atom is 0.435 e. The molecule has 3 nitrogen and oxygen atoms in total. The molecule has 1 aliphatic rings. The molecule has 0 bridgehead atoms. The van der Waals surface area contributed by atoms with Gasteiger partial charge in [-0.3, -0.25) is 0 Å². The van der Waals surface area contributed by atoms with Gasteiger partial charge in [0.15, 0.2) is 5.69 Å². The molecule has 0 saturated carbocycles. The van der Waals surface area contributed by atoms with Gasteiger partial charge in [0.25, 0.3) is 0 Å². The van der Waals surface area contributed by atoms with Crippen molar-refractivity contribution < 1.29 is 22.0 Å². The Kier molecular flexibility index (Phi) is 5.27. The van der Waals surface area contributed by atoms with Gasteiger partial charge in [-0.1, -0.05) is 18.2 Å². The third-order valence-corrected chi connectivity index (χ3v) is 5.33. The summed E-state index contributed by atoms with van der Waals surface area (Å²) < 4.78 is 68.2. The van der Waals surface area contributed by atoms with Gasteiger partial charge >= 0.3 is 6.18 Å². The second-order valence-electron chi connectivity index (χ2n) is 7.34. The molecule has 0 amide bonds. The van der Waals surface area contributed by atoms with Crippen LogP contribution in [0.5, 0.6) is 0 Å². The van der Waals surface area contributed by atoms with Crippen molar-refractivity contribution in [2.75, 3.05) is 6.54 Å². The highest BCUT2D eigenvalue weighted by molar-refractivity contribution is 5.63. The SMILES string of the molecule is Cc1ccc(C2CCNCc3c2ccc(-c2ccc(C(F)(F)F)nn2)c3F)c(F)c1. The molecule has 30 heavy (non-hydrogen) atoms. The lowest BCUT2D eigenvalue weighted by Crippen LogP contribution is -2.13. The summed E-state index contributed by atoms with van der Waals surface area (Å²) in [6.07, 6.45) is -4.03. The van der Waals surface area contributed by atoms with Crippen molar-refractivity contribution in [3.63, 3.8) is 0 Å². The van der Waals surface area contributed by atoms with Crippen LogP contribution in [0.25, 0.3) is 11.3 Å². The summed E-state index contributed by atoms with van der Waals surface area (Å²) in [5.74, 6) is -1.27. The first-order chi connectivity index (χ1) is 14.3. The zero-order chi connectivity index (χ0) is 21.5. The van der Waals surface area contributed by atoms with Crippen molar-refractivity contribution in [3.8, 4) is 11.3 Å². The van der Waals surface area contributed by atoms with Gasteiger partial charge in [-0.15, -0.1) is 10.2 Å². The van der Waals surface area contributed by atoms with Gasteiger partial charge in [0.05, 0.1) is 5.69 Å². The maximum absolute atomic E-state index is 15.4. The van der Waals surface area contributed by atoms with Crippen molar-refractivity contribution in [1.29, 1.82) is 0 Å². The number of nitrogens with one attached hydrogen (secondary N) is 1. The first-order valence-corrected chi connectivity index (χ1v) is 9.45. The normalized spacial score (nSPS) is 16.8. The highest BCUT2D eigenvalue weighted by Crippen LogP contribution is 2.37. The van der Waals surface area contributed by atoms with Gasteiger partial charge < -0.3 is 5.32 Å². The van der Waals surface area contributed by atoms with E-state index in [4.69, 9.17) is 0 Å². The summed E-state index contributed by atoms with van der Waals surface area (Å²) in [5.41, 5.74) is 1.23. The van der Waals surface area contributed by atoms with Crippen molar-refractivity contribution >= 4 is 0 Å². The second-order valence-corrected chi connectivity index (χ2v) is 7.34. The summed E-state index contributed by atoms with van der Waals surface area (Å²) in [7, 11) is 0. The van der Waals surface area contributed by atoms with Crippen LogP contribution in [0.3, 0.4) is 0 Å². The maximum atomic E-state index is 15.4. The predicted molar refractivity (Wildman–Crippen MR) is 102 cm³/mol. The quantitative estimate of drug-likeness (QED) is 0.567. The van der Waals surface area contributed by atoms with Gasteiger partial charge in [0.1, 0.15) is 11.6 Å². The molecule has 1 aliphatic heterocycles. The van der Waals surface area contributed by atoms with Crippen LogP contribution in [-0.4, -0.2) is 16.7 Å². The fraction of sp³-hybridized carbons (Fsp3) is 0.273. The Balaban J connectivity index is 1.77. The van der Waals surface area contributed by atoms with E-state index in [0.717, 1.165) is 17.7 Å². The van der Waals surface area contributed by atoms with Crippen molar-refractivity contribution in [1.82, 2.24) is 15.5 Å². The Morgan fingerprint density at radius 1 is 0.967 bits per heavy atom. The first kappa shape index (κ1) is 20.4. The Labute approximate surface area is 170 Å². The fourth-order valence-electron chi connectivity index (χ4n) is 3.82. The van der Waals surface area contributed by atoms with Crippen LogP contribution in [0.1, 0.15) is 40.3 Å². The Morgan fingerprint density at radius 3 is 2.40 bits per heavy atom. The first-order valence-electron chi connectivity index (χ1n) is 9.45. The summed E-state index contributed by atoms with van der Waals surface area (Å²) in [6.45, 7) is 2.60. The molecule has 0 saturated heterocycles. The van der Waals surface area contributed by atoms with E-state index in [9.17, 15) is 17.6 Å². The molecule has 0 spiro atoms. The Morgan fingerprint density at radius 2 is 1.73 bits per heavy atom. The smallest absolute Gasteiger partial charge is 0.313 e. The molecule has 0 radical (unpaired) electrons. The van der Waals surface area contributed by atoms with Crippen LogP contribution in [0, 0.1) is 18.6 Å². The van der Waals surface area contributed by atoms with Crippen LogP contribution in [0.15, 0.2) is 42.5 Å². The lowest BCUT2D eigenvalue weighted by atomic mass is 9.85. The van der Waals surface area contributed by atoms with E-state index >= 15 is 4.39 Å². The van der Waals surface area contributed by atoms with Crippen molar-refractivity contribution in [2.45, 2.75) is 32.0 Å². The number of aryl methyl sites for hydroxylation is 1. The largest absolute Gasteiger partial charge is 0.435 e. The molecular weight excluding hydrogens is 401 g/mol. The zero-order valence-electron chi connectivity index (χ0n) is 16.0. The molecule has 156 valence electrons. The average Bonchev–Trinajstić information content (AvgIpc) is 2.91. The predicted octanol–water partition coefficient (Wildman–Crippen LogP) is 5.37. The van der Waals surface area contributed by atoms with E-state index in [1.54, 1.807) is 19.1 Å². The van der Waals surface area contributed by atoms with E-state index in [1.165, 1.54) is 12.1 Å². The average molecular weight is 419 g/mol. The monoisotopic (exact) mass is 419 g/mol. The molecule has 2 aromatic carbocycles. The molecule has 3 aromatic rings. The van der Waals surface area contributed by atoms with Gasteiger partial charge in [-0.2, -0.15) is 13.2 Å². The Hall–Kier alpha value is -2.87. The highest BCUT2D eigenvalue weighted by Gasteiger charge is 2.33. The third-order valence-electron chi connectivity index (χ3n) is 5.33. The molecule has 1 atom stereocenters. The molecule has 1 unspecified atom stereocenters. The van der Waals surface area contributed by atoms with Gasteiger partial charge in [0.2, 0.25) is 0 Å². The number of nitrogens with zero attached hydrogens (tertiary/aromatic N) is 2. The molecule has 1 N–H and O–H groups in total. The zero-order valence-corrected chi connectivity index (χ0v) is 16.0. The number of alkyl halides is 3. The molecule has 4 rings (SSSR count). The van der Waals surface area contributed by atoms with E-state index in [0.29, 0.717) is 29.7 Å². The lowest BCUT2D eigenvalue weighted by molar-refractivity contribution is -0.141. The Bertz CT molecular complexity index is 1080. The lowest BCUT2D eigenvalue weighted by Gasteiger charge is -2.20. The van der Waals surface area contributed by atoms with Gasteiger partial charge in [-0.25, -0.2) is 8.78 Å². The van der Waals surface area contributed by atoms with Crippen molar-refractivity contribution in [3.05, 3.63) is 82.0 Å².